The Balaban J connectivity index is 1.30. The number of carbonyl (C=O) groups excluding carboxylic acids is 2. The number of amides is 2. The van der Waals surface area contributed by atoms with Gasteiger partial charge in [-0.25, -0.2) is 9.59 Å². The monoisotopic (exact) mass is 466 g/mol. The summed E-state index contributed by atoms with van der Waals surface area (Å²) in [6.07, 6.45) is 1.13. The SMILES string of the molecule is O=C(NC[C@@H]1CCCC[C@@H]1C(=O)NC[C@H](O)C(=O)O)OCC1c2ccccc2-c2ccccc21. The number of hydrogen-bond acceptors (Lipinski definition) is 5. The van der Waals surface area contributed by atoms with Gasteiger partial charge in [-0.2, -0.15) is 0 Å². The Hall–Kier alpha value is -3.39. The van der Waals surface area contributed by atoms with Crippen molar-refractivity contribution < 1.29 is 29.3 Å². The largest absolute Gasteiger partial charge is 0.479 e. The zero-order valence-corrected chi connectivity index (χ0v) is 18.9. The quantitative estimate of drug-likeness (QED) is 0.474. The number of hydrogen-bond donors (Lipinski definition) is 4. The molecule has 2 aromatic rings. The van der Waals surface area contributed by atoms with Crippen LogP contribution in [0.25, 0.3) is 11.1 Å². The first-order chi connectivity index (χ1) is 16.5. The fourth-order valence-electron chi connectivity index (χ4n) is 5.08. The lowest BCUT2D eigenvalue weighted by Crippen LogP contribution is -2.44. The Morgan fingerprint density at radius 2 is 1.56 bits per heavy atom. The molecule has 4 N–H and O–H groups in total. The molecule has 0 heterocycles. The molecule has 2 amide bonds. The summed E-state index contributed by atoms with van der Waals surface area (Å²) in [5, 5.41) is 23.5. The van der Waals surface area contributed by atoms with Crippen molar-refractivity contribution in [3.63, 3.8) is 0 Å². The highest BCUT2D eigenvalue weighted by Gasteiger charge is 2.32. The van der Waals surface area contributed by atoms with Gasteiger partial charge in [-0.1, -0.05) is 61.4 Å². The van der Waals surface area contributed by atoms with Crippen molar-refractivity contribution in [3.05, 3.63) is 59.7 Å². The summed E-state index contributed by atoms with van der Waals surface area (Å²) in [6.45, 7) is 0.189. The molecule has 3 atom stereocenters. The van der Waals surface area contributed by atoms with Crippen LogP contribution < -0.4 is 10.6 Å². The fraction of sp³-hybridized carbons (Fsp3) is 0.423. The molecule has 0 saturated heterocycles. The van der Waals surface area contributed by atoms with Crippen LogP contribution >= 0.6 is 0 Å². The van der Waals surface area contributed by atoms with Crippen LogP contribution in [0.5, 0.6) is 0 Å². The van der Waals surface area contributed by atoms with E-state index >= 15 is 0 Å². The van der Waals surface area contributed by atoms with Crippen LogP contribution in [0.3, 0.4) is 0 Å². The highest BCUT2D eigenvalue weighted by molar-refractivity contribution is 5.81. The Kier molecular flexibility index (Phi) is 7.47. The van der Waals surface area contributed by atoms with Gasteiger partial charge in [-0.05, 0) is 41.0 Å². The molecular formula is C26H30N2O6. The van der Waals surface area contributed by atoms with Gasteiger partial charge in [0.05, 0.1) is 6.54 Å². The maximum Gasteiger partial charge on any atom is 0.407 e. The van der Waals surface area contributed by atoms with Crippen LogP contribution in [-0.2, 0) is 14.3 Å². The second-order valence-corrected chi connectivity index (χ2v) is 8.96. The van der Waals surface area contributed by atoms with E-state index in [4.69, 9.17) is 9.84 Å². The van der Waals surface area contributed by atoms with E-state index in [0.717, 1.165) is 41.5 Å². The van der Waals surface area contributed by atoms with Gasteiger partial charge in [0, 0.05) is 18.4 Å². The number of aliphatic hydroxyl groups excluding tert-OH is 1. The standard InChI is InChI=1S/C26H30N2O6/c29-23(25(31)32)14-27-24(30)17-8-2-1-7-16(17)13-28-26(33)34-15-22-20-11-5-3-9-18(20)19-10-4-6-12-21(19)22/h3-6,9-12,16-17,22-23,29H,1-2,7-8,13-15H2,(H,27,30)(H,28,33)(H,31,32)/t16-,17-,23-/m0/s1. The molecule has 0 bridgehead atoms. The average Bonchev–Trinajstić information content (AvgIpc) is 3.18. The minimum Gasteiger partial charge on any atom is -0.479 e. The van der Waals surface area contributed by atoms with E-state index in [-0.39, 0.29) is 36.8 Å². The molecule has 0 aliphatic heterocycles. The summed E-state index contributed by atoms with van der Waals surface area (Å²) in [5.74, 6) is -2.11. The van der Waals surface area contributed by atoms with Crippen molar-refractivity contribution in [3.8, 4) is 11.1 Å². The lowest BCUT2D eigenvalue weighted by molar-refractivity contribution is -0.146. The number of benzene rings is 2. The van der Waals surface area contributed by atoms with Gasteiger partial charge in [0.15, 0.2) is 6.10 Å². The molecule has 8 heteroatoms. The number of carbonyl (C=O) groups is 3. The molecule has 34 heavy (non-hydrogen) atoms. The molecule has 4 rings (SSSR count). The lowest BCUT2D eigenvalue weighted by atomic mass is 9.78. The summed E-state index contributed by atoms with van der Waals surface area (Å²) in [5.41, 5.74) is 4.61. The number of aliphatic carboxylic acids is 1. The van der Waals surface area contributed by atoms with E-state index in [1.54, 1.807) is 0 Å². The molecule has 0 radical (unpaired) electrons. The minimum atomic E-state index is -1.63. The second-order valence-electron chi connectivity index (χ2n) is 8.96. The summed E-state index contributed by atoms with van der Waals surface area (Å²) in [6, 6.07) is 16.3. The van der Waals surface area contributed by atoms with Crippen molar-refractivity contribution in [1.29, 1.82) is 0 Å². The van der Waals surface area contributed by atoms with Gasteiger partial charge in [-0.3, -0.25) is 4.79 Å². The van der Waals surface area contributed by atoms with Crippen molar-refractivity contribution >= 4 is 18.0 Å². The Morgan fingerprint density at radius 1 is 0.941 bits per heavy atom. The first kappa shape index (κ1) is 23.8. The van der Waals surface area contributed by atoms with Gasteiger partial charge < -0.3 is 25.6 Å². The highest BCUT2D eigenvalue weighted by atomic mass is 16.5. The van der Waals surface area contributed by atoms with Crippen LogP contribution in [0.4, 0.5) is 4.79 Å². The van der Waals surface area contributed by atoms with Crippen molar-refractivity contribution in [1.82, 2.24) is 10.6 Å². The third-order valence-corrected chi connectivity index (χ3v) is 6.85. The normalized spacial score (nSPS) is 20.0. The zero-order valence-electron chi connectivity index (χ0n) is 18.9. The second kappa shape index (κ2) is 10.7. The summed E-state index contributed by atoms with van der Waals surface area (Å²) < 4.78 is 5.58. The van der Waals surface area contributed by atoms with Gasteiger partial charge in [0.25, 0.3) is 0 Å². The number of nitrogens with one attached hydrogen (secondary N) is 2. The summed E-state index contributed by atoms with van der Waals surface area (Å²) >= 11 is 0. The number of fused-ring (bicyclic) bond motifs is 3. The molecule has 1 saturated carbocycles. The summed E-state index contributed by atoms with van der Waals surface area (Å²) in [7, 11) is 0. The van der Waals surface area contributed by atoms with Crippen LogP contribution in [-0.4, -0.2) is 54.0 Å². The lowest BCUT2D eigenvalue weighted by Gasteiger charge is -2.30. The third kappa shape index (κ3) is 5.22. The van der Waals surface area contributed by atoms with E-state index in [1.165, 1.54) is 0 Å². The molecule has 2 aliphatic rings. The van der Waals surface area contributed by atoms with Crippen molar-refractivity contribution in [2.24, 2.45) is 11.8 Å². The van der Waals surface area contributed by atoms with Gasteiger partial charge in [0.1, 0.15) is 6.61 Å². The van der Waals surface area contributed by atoms with Crippen molar-refractivity contribution in [2.45, 2.75) is 37.7 Å². The minimum absolute atomic E-state index is 0.0213. The van der Waals surface area contributed by atoms with E-state index in [2.05, 4.69) is 34.9 Å². The van der Waals surface area contributed by atoms with Crippen molar-refractivity contribution in [2.75, 3.05) is 19.7 Å². The molecular weight excluding hydrogens is 436 g/mol. The summed E-state index contributed by atoms with van der Waals surface area (Å²) in [4.78, 5) is 35.8. The molecule has 8 nitrogen and oxygen atoms in total. The number of alkyl carbamates (subject to hydrolysis) is 1. The Bertz CT molecular complexity index is 1010. The maximum absolute atomic E-state index is 12.6. The maximum atomic E-state index is 12.6. The first-order valence-corrected chi connectivity index (χ1v) is 11.7. The Labute approximate surface area is 198 Å². The smallest absolute Gasteiger partial charge is 0.407 e. The first-order valence-electron chi connectivity index (χ1n) is 11.7. The predicted molar refractivity (Wildman–Crippen MR) is 125 cm³/mol. The number of carboxylic acid groups (broad SMARTS) is 1. The zero-order chi connectivity index (χ0) is 24.1. The number of carboxylic acids is 1. The van der Waals surface area contributed by atoms with Crippen LogP contribution in [0.1, 0.15) is 42.7 Å². The van der Waals surface area contributed by atoms with E-state index < -0.39 is 18.2 Å². The molecule has 0 aromatic heterocycles. The molecule has 2 aromatic carbocycles. The molecule has 2 aliphatic carbocycles. The average molecular weight is 467 g/mol. The van der Waals surface area contributed by atoms with E-state index in [1.807, 2.05) is 24.3 Å². The fourth-order valence-corrected chi connectivity index (χ4v) is 5.08. The van der Waals surface area contributed by atoms with E-state index in [9.17, 15) is 19.5 Å². The highest BCUT2D eigenvalue weighted by Crippen LogP contribution is 2.44. The van der Waals surface area contributed by atoms with Gasteiger partial charge in [0.2, 0.25) is 5.91 Å². The number of rotatable bonds is 8. The van der Waals surface area contributed by atoms with Crippen LogP contribution in [0.15, 0.2) is 48.5 Å². The molecule has 0 spiro atoms. The van der Waals surface area contributed by atoms with Gasteiger partial charge >= 0.3 is 12.1 Å². The third-order valence-electron chi connectivity index (χ3n) is 6.85. The topological polar surface area (TPSA) is 125 Å². The molecule has 180 valence electrons. The molecule has 0 unspecified atom stereocenters. The van der Waals surface area contributed by atoms with E-state index in [0.29, 0.717) is 13.0 Å². The number of ether oxygens (including phenoxy) is 1. The van der Waals surface area contributed by atoms with Crippen LogP contribution in [0.2, 0.25) is 0 Å². The number of aliphatic hydroxyl groups is 1. The van der Waals surface area contributed by atoms with Crippen LogP contribution in [0, 0.1) is 11.8 Å². The Morgan fingerprint density at radius 3 is 2.21 bits per heavy atom. The van der Waals surface area contributed by atoms with Gasteiger partial charge in [-0.15, -0.1) is 0 Å². The predicted octanol–water partition coefficient (Wildman–Crippen LogP) is 2.89. The molecule has 1 fully saturated rings.